The smallest absolute Gasteiger partial charge is 0.390 e. The molecule has 1 aromatic carbocycles. The van der Waals surface area contributed by atoms with E-state index in [1.165, 1.54) is 0 Å². The maximum atomic E-state index is 12.7. The van der Waals surface area contributed by atoms with Crippen LogP contribution in [0, 0.1) is 5.92 Å². The van der Waals surface area contributed by atoms with Crippen LogP contribution >= 0.6 is 11.6 Å². The molecule has 0 spiro atoms. The van der Waals surface area contributed by atoms with Crippen LogP contribution in [0.25, 0.3) is 0 Å². The molecular formula is C14H16ClF3O. The average molecular weight is 293 g/mol. The van der Waals surface area contributed by atoms with E-state index in [-0.39, 0.29) is 19.3 Å². The van der Waals surface area contributed by atoms with Crippen LogP contribution in [0.2, 0.25) is 5.02 Å². The second-order valence-corrected chi connectivity index (χ2v) is 5.80. The lowest BCUT2D eigenvalue weighted by atomic mass is 9.75. The quantitative estimate of drug-likeness (QED) is 0.858. The number of aliphatic hydroxyl groups is 1. The molecule has 106 valence electrons. The van der Waals surface area contributed by atoms with Gasteiger partial charge < -0.3 is 5.11 Å². The molecule has 1 saturated carbocycles. The van der Waals surface area contributed by atoms with Crippen molar-refractivity contribution in [2.45, 2.75) is 43.9 Å². The first-order valence-corrected chi connectivity index (χ1v) is 6.70. The van der Waals surface area contributed by atoms with Crippen molar-refractivity contribution >= 4 is 11.6 Å². The van der Waals surface area contributed by atoms with Gasteiger partial charge in [0, 0.05) is 11.4 Å². The molecule has 0 aromatic heterocycles. The molecule has 0 amide bonds. The summed E-state index contributed by atoms with van der Waals surface area (Å²) in [6.45, 7) is 0. The molecule has 1 aromatic rings. The summed E-state index contributed by atoms with van der Waals surface area (Å²) in [5.41, 5.74) is -0.443. The Morgan fingerprint density at radius 3 is 2.47 bits per heavy atom. The minimum atomic E-state index is -4.21. The molecule has 2 unspecified atom stereocenters. The number of hydrogen-bond acceptors (Lipinski definition) is 1. The van der Waals surface area contributed by atoms with Crippen molar-refractivity contribution in [3.63, 3.8) is 0 Å². The van der Waals surface area contributed by atoms with Crippen LogP contribution < -0.4 is 0 Å². The maximum absolute atomic E-state index is 12.7. The van der Waals surface area contributed by atoms with E-state index in [9.17, 15) is 18.3 Å². The Balaban J connectivity index is 2.07. The normalized spacial score (nSPS) is 28.4. The van der Waals surface area contributed by atoms with Gasteiger partial charge in [-0.2, -0.15) is 13.2 Å². The molecule has 1 nitrogen and oxygen atoms in total. The molecule has 1 aliphatic rings. The van der Waals surface area contributed by atoms with Crippen molar-refractivity contribution in [1.29, 1.82) is 0 Å². The Morgan fingerprint density at radius 1 is 1.26 bits per heavy atom. The second kappa shape index (κ2) is 5.33. The van der Waals surface area contributed by atoms with Gasteiger partial charge in [0.05, 0.1) is 11.5 Å². The van der Waals surface area contributed by atoms with Crippen molar-refractivity contribution in [3.05, 3.63) is 34.9 Å². The molecule has 1 aliphatic carbocycles. The monoisotopic (exact) mass is 292 g/mol. The molecule has 2 rings (SSSR count). The molecule has 0 radical (unpaired) electrons. The molecule has 2 atom stereocenters. The highest BCUT2D eigenvalue weighted by Crippen LogP contribution is 2.42. The summed E-state index contributed by atoms with van der Waals surface area (Å²) in [7, 11) is 0. The number of benzene rings is 1. The summed E-state index contributed by atoms with van der Waals surface area (Å²) in [6.07, 6.45) is -3.23. The van der Waals surface area contributed by atoms with Gasteiger partial charge in [-0.15, -0.1) is 0 Å². The van der Waals surface area contributed by atoms with Gasteiger partial charge in [0.1, 0.15) is 0 Å². The van der Waals surface area contributed by atoms with E-state index in [1.54, 1.807) is 24.3 Å². The SMILES string of the molecule is OC1(Cc2ccc(Cl)cc2)CCCC(C(F)(F)F)C1. The fourth-order valence-electron chi connectivity index (χ4n) is 2.76. The predicted octanol–water partition coefficient (Wildman–Crippen LogP) is 4.37. The zero-order valence-electron chi connectivity index (χ0n) is 10.4. The third-order valence-electron chi connectivity index (χ3n) is 3.73. The third-order valence-corrected chi connectivity index (χ3v) is 3.98. The minimum Gasteiger partial charge on any atom is -0.390 e. The van der Waals surface area contributed by atoms with Crippen molar-refractivity contribution in [3.8, 4) is 0 Å². The summed E-state index contributed by atoms with van der Waals surface area (Å²) in [5.74, 6) is -1.39. The van der Waals surface area contributed by atoms with Gasteiger partial charge in [0.15, 0.2) is 0 Å². The summed E-state index contributed by atoms with van der Waals surface area (Å²) < 4.78 is 38.2. The zero-order valence-corrected chi connectivity index (χ0v) is 11.1. The lowest BCUT2D eigenvalue weighted by Gasteiger charge is -2.37. The number of halogens is 4. The van der Waals surface area contributed by atoms with Crippen LogP contribution in [0.3, 0.4) is 0 Å². The standard InChI is InChI=1S/C14H16ClF3O/c15-12-5-3-10(4-6-12)8-13(19)7-1-2-11(9-13)14(16,17)18/h3-6,11,19H,1-2,7-9H2. The highest BCUT2D eigenvalue weighted by Gasteiger charge is 2.46. The van der Waals surface area contributed by atoms with E-state index >= 15 is 0 Å². The van der Waals surface area contributed by atoms with Crippen LogP contribution in [0.4, 0.5) is 13.2 Å². The summed E-state index contributed by atoms with van der Waals surface area (Å²) in [6, 6.07) is 6.86. The van der Waals surface area contributed by atoms with E-state index in [2.05, 4.69) is 0 Å². The van der Waals surface area contributed by atoms with Crippen molar-refractivity contribution < 1.29 is 18.3 Å². The Morgan fingerprint density at radius 2 is 1.89 bits per heavy atom. The predicted molar refractivity (Wildman–Crippen MR) is 68.1 cm³/mol. The molecule has 0 bridgehead atoms. The fourth-order valence-corrected chi connectivity index (χ4v) is 2.89. The van der Waals surface area contributed by atoms with Crippen molar-refractivity contribution in [2.24, 2.45) is 5.92 Å². The highest BCUT2D eigenvalue weighted by molar-refractivity contribution is 6.30. The first kappa shape index (κ1) is 14.7. The topological polar surface area (TPSA) is 20.2 Å². The largest absolute Gasteiger partial charge is 0.391 e. The molecule has 0 heterocycles. The first-order chi connectivity index (χ1) is 8.78. The van der Waals surface area contributed by atoms with Crippen molar-refractivity contribution in [1.82, 2.24) is 0 Å². The third kappa shape index (κ3) is 3.86. The van der Waals surface area contributed by atoms with Crippen LogP contribution in [-0.2, 0) is 6.42 Å². The molecule has 5 heteroatoms. The Bertz CT molecular complexity index is 429. The van der Waals surface area contributed by atoms with E-state index in [1.807, 2.05) is 0 Å². The minimum absolute atomic E-state index is 0.117. The van der Waals surface area contributed by atoms with E-state index < -0.39 is 17.7 Å². The fraction of sp³-hybridized carbons (Fsp3) is 0.571. The Labute approximate surface area is 115 Å². The number of hydrogen-bond donors (Lipinski definition) is 1. The van der Waals surface area contributed by atoms with Gasteiger partial charge in [-0.1, -0.05) is 23.7 Å². The van der Waals surface area contributed by atoms with Crippen molar-refractivity contribution in [2.75, 3.05) is 0 Å². The van der Waals surface area contributed by atoms with Gasteiger partial charge in [-0.05, 0) is 43.4 Å². The van der Waals surface area contributed by atoms with E-state index in [0.29, 0.717) is 17.9 Å². The molecule has 19 heavy (non-hydrogen) atoms. The van der Waals surface area contributed by atoms with Gasteiger partial charge in [0.2, 0.25) is 0 Å². The molecule has 0 saturated heterocycles. The van der Waals surface area contributed by atoms with Gasteiger partial charge in [-0.25, -0.2) is 0 Å². The number of rotatable bonds is 2. The van der Waals surface area contributed by atoms with Gasteiger partial charge >= 0.3 is 6.18 Å². The molecule has 1 N–H and O–H groups in total. The van der Waals surface area contributed by atoms with Crippen LogP contribution in [-0.4, -0.2) is 16.9 Å². The molecule has 1 fully saturated rings. The van der Waals surface area contributed by atoms with E-state index in [4.69, 9.17) is 11.6 Å². The number of alkyl halides is 3. The Hall–Kier alpha value is -0.740. The maximum Gasteiger partial charge on any atom is 0.391 e. The van der Waals surface area contributed by atoms with E-state index in [0.717, 1.165) is 5.56 Å². The lowest BCUT2D eigenvalue weighted by Crippen LogP contribution is -2.41. The van der Waals surface area contributed by atoms with Gasteiger partial charge in [0.25, 0.3) is 0 Å². The summed E-state index contributed by atoms with van der Waals surface area (Å²) in [5, 5.41) is 11.0. The molecule has 0 aliphatic heterocycles. The zero-order chi connectivity index (χ0) is 14.1. The second-order valence-electron chi connectivity index (χ2n) is 5.36. The van der Waals surface area contributed by atoms with Crippen LogP contribution in [0.1, 0.15) is 31.2 Å². The van der Waals surface area contributed by atoms with Crippen LogP contribution in [0.5, 0.6) is 0 Å². The Kier molecular flexibility index (Phi) is 4.11. The van der Waals surface area contributed by atoms with Crippen LogP contribution in [0.15, 0.2) is 24.3 Å². The lowest BCUT2D eigenvalue weighted by molar-refractivity contribution is -0.200. The highest BCUT2D eigenvalue weighted by atomic mass is 35.5. The first-order valence-electron chi connectivity index (χ1n) is 6.32. The average Bonchev–Trinajstić information content (AvgIpc) is 2.31. The molecular weight excluding hydrogens is 277 g/mol. The van der Waals surface area contributed by atoms with Gasteiger partial charge in [-0.3, -0.25) is 0 Å². The summed E-state index contributed by atoms with van der Waals surface area (Å²) >= 11 is 5.76. The summed E-state index contributed by atoms with van der Waals surface area (Å²) in [4.78, 5) is 0.